The van der Waals surface area contributed by atoms with Gasteiger partial charge in [0.25, 0.3) is 10.2 Å². The lowest BCUT2D eigenvalue weighted by molar-refractivity contribution is 0.352. The molecule has 0 saturated carbocycles. The Morgan fingerprint density at radius 2 is 1.84 bits per heavy atom. The van der Waals surface area contributed by atoms with Gasteiger partial charge in [-0.1, -0.05) is 12.1 Å². The van der Waals surface area contributed by atoms with E-state index >= 15 is 0 Å². The van der Waals surface area contributed by atoms with E-state index in [0.717, 1.165) is 5.56 Å². The number of piperazine rings is 1. The van der Waals surface area contributed by atoms with E-state index in [1.54, 1.807) is 19.1 Å². The third-order valence-electron chi connectivity index (χ3n) is 3.11. The maximum atomic E-state index is 12.8. The summed E-state index contributed by atoms with van der Waals surface area (Å²) < 4.78 is 41.2. The average Bonchev–Trinajstić information content (AvgIpc) is 2.40. The van der Waals surface area contributed by atoms with E-state index in [2.05, 4.69) is 10.0 Å². The highest BCUT2D eigenvalue weighted by molar-refractivity contribution is 7.87. The summed E-state index contributed by atoms with van der Waals surface area (Å²) in [7, 11) is -3.49. The molecular weight excluding hydrogens is 269 g/mol. The molecule has 0 spiro atoms. The SMILES string of the molecule is CC(NS(=O)(=O)N1CCNCC1)c1ccc(F)cc1. The molecule has 0 radical (unpaired) electrons. The summed E-state index contributed by atoms with van der Waals surface area (Å²) in [5.74, 6) is -0.332. The Bertz CT molecular complexity index is 512. The van der Waals surface area contributed by atoms with Gasteiger partial charge < -0.3 is 5.32 Å². The Morgan fingerprint density at radius 1 is 1.26 bits per heavy atom. The molecule has 1 atom stereocenters. The van der Waals surface area contributed by atoms with Crippen LogP contribution in [0.3, 0.4) is 0 Å². The summed E-state index contributed by atoms with van der Waals surface area (Å²) in [5, 5.41) is 3.10. The molecule has 1 aromatic carbocycles. The van der Waals surface area contributed by atoms with E-state index in [9.17, 15) is 12.8 Å². The van der Waals surface area contributed by atoms with Crippen LogP contribution < -0.4 is 10.0 Å². The van der Waals surface area contributed by atoms with Crippen molar-refractivity contribution in [1.82, 2.24) is 14.3 Å². The molecule has 1 aromatic rings. The Morgan fingerprint density at radius 3 is 2.42 bits per heavy atom. The van der Waals surface area contributed by atoms with Gasteiger partial charge in [0.1, 0.15) is 5.82 Å². The van der Waals surface area contributed by atoms with Gasteiger partial charge in [0, 0.05) is 32.2 Å². The average molecular weight is 287 g/mol. The minimum Gasteiger partial charge on any atom is -0.314 e. The predicted molar refractivity (Wildman–Crippen MR) is 71.3 cm³/mol. The van der Waals surface area contributed by atoms with Gasteiger partial charge in [-0.3, -0.25) is 0 Å². The Kier molecular flexibility index (Phi) is 4.51. The molecule has 0 bridgehead atoms. The van der Waals surface area contributed by atoms with Gasteiger partial charge in [0.05, 0.1) is 0 Å². The molecular formula is C12H18FN3O2S. The number of halogens is 1. The van der Waals surface area contributed by atoms with Crippen LogP contribution in [0, 0.1) is 5.82 Å². The van der Waals surface area contributed by atoms with Crippen LogP contribution in [0.5, 0.6) is 0 Å². The van der Waals surface area contributed by atoms with Crippen LogP contribution in [-0.4, -0.2) is 38.9 Å². The van der Waals surface area contributed by atoms with Crippen molar-refractivity contribution in [3.8, 4) is 0 Å². The quantitative estimate of drug-likeness (QED) is 0.854. The number of benzene rings is 1. The van der Waals surface area contributed by atoms with Crippen molar-refractivity contribution >= 4 is 10.2 Å². The van der Waals surface area contributed by atoms with Gasteiger partial charge in [-0.25, -0.2) is 4.39 Å². The molecule has 1 heterocycles. The smallest absolute Gasteiger partial charge is 0.280 e. The molecule has 2 N–H and O–H groups in total. The van der Waals surface area contributed by atoms with E-state index in [1.807, 2.05) is 0 Å². The molecule has 5 nitrogen and oxygen atoms in total. The Hall–Kier alpha value is -1.02. The van der Waals surface area contributed by atoms with Crippen molar-refractivity contribution in [3.05, 3.63) is 35.6 Å². The zero-order valence-corrected chi connectivity index (χ0v) is 11.6. The van der Waals surface area contributed by atoms with Crippen LogP contribution >= 0.6 is 0 Å². The topological polar surface area (TPSA) is 61.4 Å². The Balaban J connectivity index is 2.04. The van der Waals surface area contributed by atoms with Crippen LogP contribution in [0.1, 0.15) is 18.5 Å². The molecule has 2 rings (SSSR count). The highest BCUT2D eigenvalue weighted by Gasteiger charge is 2.25. The van der Waals surface area contributed by atoms with Crippen LogP contribution in [-0.2, 0) is 10.2 Å². The van der Waals surface area contributed by atoms with Crippen molar-refractivity contribution < 1.29 is 12.8 Å². The zero-order chi connectivity index (χ0) is 13.9. The number of hydrogen-bond donors (Lipinski definition) is 2. The van der Waals surface area contributed by atoms with E-state index < -0.39 is 10.2 Å². The maximum Gasteiger partial charge on any atom is 0.280 e. The van der Waals surface area contributed by atoms with Crippen LogP contribution in [0.4, 0.5) is 4.39 Å². The van der Waals surface area contributed by atoms with Gasteiger partial charge in [0.15, 0.2) is 0 Å². The first-order valence-corrected chi connectivity index (χ1v) is 7.66. The molecule has 19 heavy (non-hydrogen) atoms. The van der Waals surface area contributed by atoms with Gasteiger partial charge in [0.2, 0.25) is 0 Å². The summed E-state index contributed by atoms with van der Waals surface area (Å²) in [5.41, 5.74) is 0.736. The summed E-state index contributed by atoms with van der Waals surface area (Å²) in [6, 6.07) is 5.43. The van der Waals surface area contributed by atoms with E-state index in [-0.39, 0.29) is 11.9 Å². The standard InChI is InChI=1S/C12H18FN3O2S/c1-10(11-2-4-12(13)5-3-11)15-19(17,18)16-8-6-14-7-9-16/h2-5,10,14-15H,6-9H2,1H3. The molecule has 7 heteroatoms. The van der Waals surface area contributed by atoms with Crippen molar-refractivity contribution in [1.29, 1.82) is 0 Å². The van der Waals surface area contributed by atoms with E-state index in [1.165, 1.54) is 16.4 Å². The highest BCUT2D eigenvalue weighted by atomic mass is 32.2. The molecule has 1 saturated heterocycles. The summed E-state index contributed by atoms with van der Waals surface area (Å²) in [6.07, 6.45) is 0. The Labute approximate surface area is 113 Å². The largest absolute Gasteiger partial charge is 0.314 e. The highest BCUT2D eigenvalue weighted by Crippen LogP contribution is 2.15. The minimum atomic E-state index is -3.49. The van der Waals surface area contributed by atoms with Gasteiger partial charge in [-0.05, 0) is 24.6 Å². The van der Waals surface area contributed by atoms with Crippen LogP contribution in [0.15, 0.2) is 24.3 Å². The van der Waals surface area contributed by atoms with Crippen molar-refractivity contribution in [2.75, 3.05) is 26.2 Å². The lowest BCUT2D eigenvalue weighted by Crippen LogP contribution is -2.50. The first-order valence-electron chi connectivity index (χ1n) is 6.22. The number of rotatable bonds is 4. The summed E-state index contributed by atoms with van der Waals surface area (Å²) in [4.78, 5) is 0. The zero-order valence-electron chi connectivity index (χ0n) is 10.8. The summed E-state index contributed by atoms with van der Waals surface area (Å²) in [6.45, 7) is 3.99. The van der Waals surface area contributed by atoms with Gasteiger partial charge in [-0.15, -0.1) is 0 Å². The second kappa shape index (κ2) is 5.96. The van der Waals surface area contributed by atoms with Crippen LogP contribution in [0.25, 0.3) is 0 Å². The molecule has 0 aliphatic carbocycles. The van der Waals surface area contributed by atoms with Crippen molar-refractivity contribution in [3.63, 3.8) is 0 Å². The minimum absolute atomic E-state index is 0.332. The second-order valence-electron chi connectivity index (χ2n) is 4.55. The maximum absolute atomic E-state index is 12.8. The summed E-state index contributed by atoms with van der Waals surface area (Å²) >= 11 is 0. The lowest BCUT2D eigenvalue weighted by Gasteiger charge is -2.28. The predicted octanol–water partition coefficient (Wildman–Crippen LogP) is 0.626. The second-order valence-corrected chi connectivity index (χ2v) is 6.25. The molecule has 1 unspecified atom stereocenters. The normalized spacial score (nSPS) is 19.3. The third-order valence-corrected chi connectivity index (χ3v) is 4.81. The molecule has 1 aliphatic rings. The van der Waals surface area contributed by atoms with Gasteiger partial charge >= 0.3 is 0 Å². The number of nitrogens with zero attached hydrogens (tertiary/aromatic N) is 1. The monoisotopic (exact) mass is 287 g/mol. The molecule has 1 aliphatic heterocycles. The molecule has 1 fully saturated rings. The first kappa shape index (κ1) is 14.4. The van der Waals surface area contributed by atoms with E-state index in [0.29, 0.717) is 26.2 Å². The number of hydrogen-bond acceptors (Lipinski definition) is 3. The van der Waals surface area contributed by atoms with Crippen LogP contribution in [0.2, 0.25) is 0 Å². The molecule has 106 valence electrons. The molecule has 0 aromatic heterocycles. The fourth-order valence-corrected chi connectivity index (χ4v) is 3.40. The molecule has 0 amide bonds. The lowest BCUT2D eigenvalue weighted by atomic mass is 10.1. The fraction of sp³-hybridized carbons (Fsp3) is 0.500. The van der Waals surface area contributed by atoms with Crippen molar-refractivity contribution in [2.45, 2.75) is 13.0 Å². The third kappa shape index (κ3) is 3.73. The first-order chi connectivity index (χ1) is 8.99. The van der Waals surface area contributed by atoms with Gasteiger partial charge in [-0.2, -0.15) is 17.4 Å². The number of nitrogens with one attached hydrogen (secondary N) is 2. The fourth-order valence-electron chi connectivity index (χ4n) is 2.00. The van der Waals surface area contributed by atoms with E-state index in [4.69, 9.17) is 0 Å². The van der Waals surface area contributed by atoms with Crippen molar-refractivity contribution in [2.24, 2.45) is 0 Å².